The fourth-order valence-corrected chi connectivity index (χ4v) is 4.22. The number of carbonyl (C=O) groups is 1. The number of likely N-dealkylation sites (tertiary alicyclic amines) is 1. The molecule has 8 heteroatoms. The number of aromatic nitrogens is 1. The molecule has 0 saturated carbocycles. The van der Waals surface area contributed by atoms with Gasteiger partial charge in [0.2, 0.25) is 5.91 Å². The number of amides is 1. The molecule has 0 aliphatic carbocycles. The van der Waals surface area contributed by atoms with Gasteiger partial charge < -0.3 is 14.5 Å². The smallest absolute Gasteiger partial charge is 0.251 e. The minimum Gasteiger partial charge on any atom is -0.497 e. The molecule has 1 aromatic carbocycles. The summed E-state index contributed by atoms with van der Waals surface area (Å²) in [5.41, 5.74) is 0.882. The fourth-order valence-electron chi connectivity index (χ4n) is 3.26. The van der Waals surface area contributed by atoms with E-state index in [4.69, 9.17) is 4.74 Å². The molecular formula is C17H19F2N3O2S. The van der Waals surface area contributed by atoms with Gasteiger partial charge in [-0.1, -0.05) is 11.3 Å². The molecule has 0 spiro atoms. The molecule has 2 saturated heterocycles. The van der Waals surface area contributed by atoms with Crippen molar-refractivity contribution in [3.63, 3.8) is 0 Å². The normalized spacial score (nSPS) is 20.6. The lowest BCUT2D eigenvalue weighted by Gasteiger charge is -2.42. The number of carbonyl (C=O) groups excluding carboxylic acids is 1. The molecule has 2 aliphatic heterocycles. The van der Waals surface area contributed by atoms with Crippen LogP contribution in [0.15, 0.2) is 18.2 Å². The van der Waals surface area contributed by atoms with E-state index in [-0.39, 0.29) is 37.8 Å². The maximum absolute atomic E-state index is 13.2. The monoisotopic (exact) mass is 367 g/mol. The average Bonchev–Trinajstić information content (AvgIpc) is 2.95. The average molecular weight is 367 g/mol. The Morgan fingerprint density at radius 3 is 2.72 bits per heavy atom. The lowest BCUT2D eigenvalue weighted by atomic mass is 9.97. The Morgan fingerprint density at radius 1 is 1.32 bits per heavy atom. The molecule has 5 nitrogen and oxygen atoms in total. The second kappa shape index (κ2) is 6.09. The predicted molar refractivity (Wildman–Crippen MR) is 92.6 cm³/mol. The maximum Gasteiger partial charge on any atom is 0.251 e. The van der Waals surface area contributed by atoms with E-state index in [0.29, 0.717) is 13.1 Å². The molecule has 134 valence electrons. The molecule has 0 N–H and O–H groups in total. The van der Waals surface area contributed by atoms with Crippen LogP contribution in [-0.2, 0) is 4.79 Å². The number of ether oxygens (including phenoxy) is 1. The van der Waals surface area contributed by atoms with Gasteiger partial charge in [-0.15, -0.1) is 0 Å². The fraction of sp³-hybridized carbons (Fsp3) is 0.529. The number of anilines is 1. The molecule has 1 aromatic heterocycles. The number of alkyl halides is 2. The minimum absolute atomic E-state index is 0.00506. The summed E-state index contributed by atoms with van der Waals surface area (Å²) < 4.78 is 32.7. The van der Waals surface area contributed by atoms with Crippen molar-refractivity contribution < 1.29 is 18.3 Å². The van der Waals surface area contributed by atoms with E-state index in [1.807, 2.05) is 18.2 Å². The van der Waals surface area contributed by atoms with E-state index in [9.17, 15) is 13.6 Å². The number of rotatable bonds is 3. The van der Waals surface area contributed by atoms with Crippen LogP contribution >= 0.6 is 11.3 Å². The number of methoxy groups -OCH3 is 1. The molecular weight excluding hydrogens is 348 g/mol. The molecule has 0 atom stereocenters. The SMILES string of the molecule is COc1ccc2sc(N3CC(C(=O)N4CCC(F)(F)CC4)C3)nc2c1. The lowest BCUT2D eigenvalue weighted by molar-refractivity contribution is -0.142. The Morgan fingerprint density at radius 2 is 2.04 bits per heavy atom. The summed E-state index contributed by atoms with van der Waals surface area (Å²) in [6.07, 6.45) is -0.455. The minimum atomic E-state index is -2.62. The summed E-state index contributed by atoms with van der Waals surface area (Å²) in [4.78, 5) is 20.7. The standard InChI is InChI=1S/C17H19F2N3O2S/c1-24-12-2-3-14-13(8-12)20-16(25-14)22-9-11(10-22)15(23)21-6-4-17(18,19)5-7-21/h2-3,8,11H,4-7,9-10H2,1H3. The van der Waals surface area contributed by atoms with E-state index in [2.05, 4.69) is 9.88 Å². The van der Waals surface area contributed by atoms with Gasteiger partial charge in [0.15, 0.2) is 5.13 Å². The van der Waals surface area contributed by atoms with Crippen molar-refractivity contribution in [3.05, 3.63) is 18.2 Å². The van der Waals surface area contributed by atoms with Gasteiger partial charge in [-0.2, -0.15) is 0 Å². The number of hydrogen-bond donors (Lipinski definition) is 0. The van der Waals surface area contributed by atoms with Crippen LogP contribution in [0.5, 0.6) is 5.75 Å². The molecule has 25 heavy (non-hydrogen) atoms. The van der Waals surface area contributed by atoms with Crippen molar-refractivity contribution >= 4 is 32.6 Å². The third-order valence-corrected chi connectivity index (χ3v) is 5.99. The summed E-state index contributed by atoms with van der Waals surface area (Å²) in [6, 6.07) is 5.77. The molecule has 2 fully saturated rings. The zero-order valence-corrected chi connectivity index (χ0v) is 14.7. The van der Waals surface area contributed by atoms with Crippen molar-refractivity contribution in [2.45, 2.75) is 18.8 Å². The van der Waals surface area contributed by atoms with Crippen molar-refractivity contribution in [1.29, 1.82) is 0 Å². The first-order valence-corrected chi connectivity index (χ1v) is 9.13. The maximum atomic E-state index is 13.2. The molecule has 4 rings (SSSR count). The third-order valence-electron chi connectivity index (χ3n) is 4.89. The Balaban J connectivity index is 1.38. The number of nitrogens with zero attached hydrogens (tertiary/aromatic N) is 3. The summed E-state index contributed by atoms with van der Waals surface area (Å²) in [5.74, 6) is -1.98. The quantitative estimate of drug-likeness (QED) is 0.837. The summed E-state index contributed by atoms with van der Waals surface area (Å²) in [7, 11) is 1.62. The van der Waals surface area contributed by atoms with E-state index in [1.165, 1.54) is 0 Å². The van der Waals surface area contributed by atoms with Gasteiger partial charge >= 0.3 is 0 Å². The number of hydrogen-bond acceptors (Lipinski definition) is 5. The van der Waals surface area contributed by atoms with Gasteiger partial charge in [0.1, 0.15) is 5.75 Å². The van der Waals surface area contributed by atoms with E-state index >= 15 is 0 Å². The van der Waals surface area contributed by atoms with Gasteiger partial charge in [-0.05, 0) is 12.1 Å². The zero-order chi connectivity index (χ0) is 17.6. The first-order chi connectivity index (χ1) is 11.9. The lowest BCUT2D eigenvalue weighted by Crippen LogP contribution is -2.56. The number of halogens is 2. The highest BCUT2D eigenvalue weighted by atomic mass is 32.1. The van der Waals surface area contributed by atoms with Crippen LogP contribution in [0.2, 0.25) is 0 Å². The molecule has 3 heterocycles. The third kappa shape index (κ3) is 3.15. The van der Waals surface area contributed by atoms with Crippen molar-refractivity contribution in [1.82, 2.24) is 9.88 Å². The summed E-state index contributed by atoms with van der Waals surface area (Å²) in [5, 5.41) is 0.887. The van der Waals surface area contributed by atoms with Crippen molar-refractivity contribution in [2.24, 2.45) is 5.92 Å². The van der Waals surface area contributed by atoms with Gasteiger partial charge in [-0.3, -0.25) is 4.79 Å². The van der Waals surface area contributed by atoms with Crippen molar-refractivity contribution in [2.75, 3.05) is 38.2 Å². The topological polar surface area (TPSA) is 45.7 Å². The second-order valence-electron chi connectivity index (χ2n) is 6.61. The van der Waals surface area contributed by atoms with E-state index in [0.717, 1.165) is 21.1 Å². The van der Waals surface area contributed by atoms with Crippen molar-refractivity contribution in [3.8, 4) is 5.75 Å². The summed E-state index contributed by atoms with van der Waals surface area (Å²) >= 11 is 1.58. The largest absolute Gasteiger partial charge is 0.497 e. The molecule has 0 radical (unpaired) electrons. The molecule has 2 aliphatic rings. The van der Waals surface area contributed by atoms with Crippen LogP contribution in [0.1, 0.15) is 12.8 Å². The van der Waals surface area contributed by atoms with Crippen LogP contribution in [0.4, 0.5) is 13.9 Å². The highest BCUT2D eigenvalue weighted by Crippen LogP contribution is 2.35. The van der Waals surface area contributed by atoms with Gasteiger partial charge in [-0.25, -0.2) is 13.8 Å². The Kier molecular flexibility index (Phi) is 4.02. The Labute approximate surface area is 148 Å². The number of fused-ring (bicyclic) bond motifs is 1. The number of piperidine rings is 1. The van der Waals surface area contributed by atoms with Crippen LogP contribution in [0, 0.1) is 5.92 Å². The Hall–Kier alpha value is -1.96. The summed E-state index contributed by atoms with van der Waals surface area (Å²) in [6.45, 7) is 1.51. The second-order valence-corrected chi connectivity index (χ2v) is 7.62. The number of thiazole rings is 1. The Bertz CT molecular complexity index is 794. The van der Waals surface area contributed by atoms with E-state index in [1.54, 1.807) is 23.3 Å². The van der Waals surface area contributed by atoms with Gasteiger partial charge in [0, 0.05) is 45.1 Å². The van der Waals surface area contributed by atoms with Crippen LogP contribution < -0.4 is 9.64 Å². The van der Waals surface area contributed by atoms with Crippen LogP contribution in [-0.4, -0.2) is 55.0 Å². The molecule has 2 aromatic rings. The molecule has 0 unspecified atom stereocenters. The predicted octanol–water partition coefficient (Wildman–Crippen LogP) is 3.00. The van der Waals surface area contributed by atoms with Gasteiger partial charge in [0.05, 0.1) is 23.2 Å². The van der Waals surface area contributed by atoms with E-state index < -0.39 is 5.92 Å². The highest BCUT2D eigenvalue weighted by Gasteiger charge is 2.41. The first kappa shape index (κ1) is 16.5. The molecule has 1 amide bonds. The van der Waals surface area contributed by atoms with Crippen LogP contribution in [0.25, 0.3) is 10.2 Å². The highest BCUT2D eigenvalue weighted by molar-refractivity contribution is 7.22. The number of benzene rings is 1. The zero-order valence-electron chi connectivity index (χ0n) is 13.9. The van der Waals surface area contributed by atoms with Gasteiger partial charge in [0.25, 0.3) is 5.92 Å². The first-order valence-electron chi connectivity index (χ1n) is 8.31. The van der Waals surface area contributed by atoms with Crippen LogP contribution in [0.3, 0.4) is 0 Å². The molecule has 0 bridgehead atoms.